The Morgan fingerprint density at radius 1 is 1.48 bits per heavy atom. The predicted octanol–water partition coefficient (Wildman–Crippen LogP) is 2.94. The Morgan fingerprint density at radius 2 is 2.24 bits per heavy atom. The molecule has 0 radical (unpaired) electrons. The molecule has 0 saturated heterocycles. The van der Waals surface area contributed by atoms with Gasteiger partial charge in [0, 0.05) is 7.11 Å². The first-order valence-corrected chi connectivity index (χ1v) is 7.09. The number of ether oxygens (including phenoxy) is 1. The fourth-order valence-corrected chi connectivity index (χ4v) is 2.52. The van der Waals surface area contributed by atoms with Crippen LogP contribution in [0.25, 0.3) is 0 Å². The molecule has 0 saturated carbocycles. The maximum Gasteiger partial charge on any atom is 0.126 e. The van der Waals surface area contributed by atoms with E-state index in [1.165, 1.54) is 6.07 Å². The summed E-state index contributed by atoms with van der Waals surface area (Å²) < 4.78 is 20.7. The number of hydrogen-bond donors (Lipinski definition) is 1. The highest BCUT2D eigenvalue weighted by molar-refractivity contribution is 6.31. The molecular weight excluding hydrogens is 293 g/mol. The van der Waals surface area contributed by atoms with Crippen LogP contribution in [0.15, 0.2) is 24.4 Å². The molecule has 0 bridgehead atoms. The molecule has 0 aliphatic rings. The van der Waals surface area contributed by atoms with Crippen LogP contribution in [0, 0.1) is 12.7 Å². The van der Waals surface area contributed by atoms with Crippen molar-refractivity contribution in [2.24, 2.45) is 0 Å². The van der Waals surface area contributed by atoms with Crippen molar-refractivity contribution in [2.75, 3.05) is 20.8 Å². The van der Waals surface area contributed by atoms with Gasteiger partial charge in [0.05, 0.1) is 36.1 Å². The van der Waals surface area contributed by atoms with Gasteiger partial charge in [0.1, 0.15) is 5.82 Å². The van der Waals surface area contributed by atoms with E-state index in [-0.39, 0.29) is 11.9 Å². The molecule has 1 atom stereocenters. The van der Waals surface area contributed by atoms with Crippen molar-refractivity contribution in [3.63, 3.8) is 0 Å². The molecule has 1 heterocycles. The normalized spacial score (nSPS) is 12.6. The summed E-state index contributed by atoms with van der Waals surface area (Å²) in [4.78, 5) is 0. The minimum Gasteiger partial charge on any atom is -0.383 e. The summed E-state index contributed by atoms with van der Waals surface area (Å²) in [5.41, 5.74) is 2.23. The third-order valence-corrected chi connectivity index (χ3v) is 3.72. The van der Waals surface area contributed by atoms with Crippen molar-refractivity contribution < 1.29 is 9.13 Å². The second-order valence-corrected chi connectivity index (χ2v) is 5.23. The molecule has 0 spiro atoms. The van der Waals surface area contributed by atoms with E-state index in [0.29, 0.717) is 23.7 Å². The summed E-state index contributed by atoms with van der Waals surface area (Å²) in [5.74, 6) is -0.230. The van der Waals surface area contributed by atoms with Crippen LogP contribution in [-0.4, -0.2) is 30.5 Å². The second kappa shape index (κ2) is 7.02. The molecule has 1 unspecified atom stereocenters. The lowest BCUT2D eigenvalue weighted by Crippen LogP contribution is -2.23. The number of rotatable bonds is 6. The van der Waals surface area contributed by atoms with Gasteiger partial charge >= 0.3 is 0 Å². The highest BCUT2D eigenvalue weighted by atomic mass is 35.5. The van der Waals surface area contributed by atoms with E-state index in [2.05, 4.69) is 10.4 Å². The largest absolute Gasteiger partial charge is 0.383 e. The number of nitrogens with zero attached hydrogens (tertiary/aromatic N) is 2. The van der Waals surface area contributed by atoms with Crippen molar-refractivity contribution >= 4 is 11.6 Å². The van der Waals surface area contributed by atoms with Crippen LogP contribution in [0.5, 0.6) is 0 Å². The number of benzene rings is 1. The number of hydrogen-bond acceptors (Lipinski definition) is 3. The molecule has 2 aromatic rings. The second-order valence-electron chi connectivity index (χ2n) is 4.82. The first-order valence-electron chi connectivity index (χ1n) is 6.72. The van der Waals surface area contributed by atoms with E-state index in [1.54, 1.807) is 31.0 Å². The number of aromatic nitrogens is 2. The number of nitrogens with one attached hydrogen (secondary N) is 1. The standard InChI is InChI=1S/C15H19ClFN3O/c1-10-4-5-11(8-13(10)17)14(18-2)15-12(16)9-19-20(15)6-7-21-3/h4-5,8-9,14,18H,6-7H2,1-3H3. The minimum atomic E-state index is -0.230. The Balaban J connectivity index is 2.40. The van der Waals surface area contributed by atoms with Crippen LogP contribution in [0.2, 0.25) is 5.02 Å². The molecular formula is C15H19ClFN3O. The van der Waals surface area contributed by atoms with E-state index < -0.39 is 0 Å². The summed E-state index contributed by atoms with van der Waals surface area (Å²) in [6.45, 7) is 2.86. The van der Waals surface area contributed by atoms with Crippen molar-refractivity contribution in [3.05, 3.63) is 52.1 Å². The summed E-state index contributed by atoms with van der Waals surface area (Å²) >= 11 is 6.26. The molecule has 2 rings (SSSR count). The monoisotopic (exact) mass is 311 g/mol. The lowest BCUT2D eigenvalue weighted by atomic mass is 10.0. The zero-order chi connectivity index (χ0) is 15.4. The first-order chi connectivity index (χ1) is 10.1. The van der Waals surface area contributed by atoms with E-state index in [9.17, 15) is 4.39 Å². The molecule has 1 aromatic heterocycles. The Kier molecular flexibility index (Phi) is 5.33. The molecule has 6 heteroatoms. The topological polar surface area (TPSA) is 39.1 Å². The Hall–Kier alpha value is -1.43. The Morgan fingerprint density at radius 3 is 2.86 bits per heavy atom. The molecule has 0 fully saturated rings. The summed E-state index contributed by atoms with van der Waals surface area (Å²) in [5, 5.41) is 7.98. The number of halogens is 2. The van der Waals surface area contributed by atoms with Crippen LogP contribution in [-0.2, 0) is 11.3 Å². The van der Waals surface area contributed by atoms with E-state index in [0.717, 1.165) is 11.3 Å². The average Bonchev–Trinajstić information content (AvgIpc) is 2.83. The molecule has 0 aliphatic carbocycles. The third-order valence-electron chi connectivity index (χ3n) is 3.43. The minimum absolute atomic E-state index is 0.230. The van der Waals surface area contributed by atoms with Crippen LogP contribution in [0.3, 0.4) is 0 Å². The van der Waals surface area contributed by atoms with E-state index in [4.69, 9.17) is 16.3 Å². The molecule has 21 heavy (non-hydrogen) atoms. The van der Waals surface area contributed by atoms with Gasteiger partial charge in [0.15, 0.2) is 0 Å². The third kappa shape index (κ3) is 3.43. The van der Waals surface area contributed by atoms with Gasteiger partial charge in [-0.15, -0.1) is 0 Å². The molecule has 1 N–H and O–H groups in total. The highest BCUT2D eigenvalue weighted by Crippen LogP contribution is 2.29. The van der Waals surface area contributed by atoms with Crippen molar-refractivity contribution in [1.82, 2.24) is 15.1 Å². The fourth-order valence-electron chi connectivity index (χ4n) is 2.26. The lowest BCUT2D eigenvalue weighted by Gasteiger charge is -2.19. The zero-order valence-corrected chi connectivity index (χ0v) is 13.1. The van der Waals surface area contributed by atoms with E-state index in [1.807, 2.05) is 13.1 Å². The van der Waals surface area contributed by atoms with Gasteiger partial charge in [0.25, 0.3) is 0 Å². The maximum absolute atomic E-state index is 13.8. The number of aryl methyl sites for hydroxylation is 1. The fraction of sp³-hybridized carbons (Fsp3) is 0.400. The zero-order valence-electron chi connectivity index (χ0n) is 12.4. The van der Waals surface area contributed by atoms with Crippen molar-refractivity contribution in [1.29, 1.82) is 0 Å². The summed E-state index contributed by atoms with van der Waals surface area (Å²) in [6, 6.07) is 4.95. The van der Waals surface area contributed by atoms with Gasteiger partial charge in [-0.25, -0.2) is 4.39 Å². The van der Waals surface area contributed by atoms with Gasteiger partial charge in [0.2, 0.25) is 0 Å². The molecule has 4 nitrogen and oxygen atoms in total. The molecule has 114 valence electrons. The Bertz CT molecular complexity index is 615. The molecule has 0 amide bonds. The maximum atomic E-state index is 13.8. The quantitative estimate of drug-likeness (QED) is 0.891. The predicted molar refractivity (Wildman–Crippen MR) is 81.2 cm³/mol. The van der Waals surface area contributed by atoms with Crippen molar-refractivity contribution in [2.45, 2.75) is 19.5 Å². The van der Waals surface area contributed by atoms with Crippen LogP contribution in [0.1, 0.15) is 22.9 Å². The average molecular weight is 312 g/mol. The first kappa shape index (κ1) is 15.9. The van der Waals surface area contributed by atoms with Gasteiger partial charge in [-0.1, -0.05) is 23.7 Å². The number of methoxy groups -OCH3 is 1. The molecule has 1 aromatic carbocycles. The lowest BCUT2D eigenvalue weighted by molar-refractivity contribution is 0.182. The van der Waals surface area contributed by atoms with Gasteiger partial charge in [-0.3, -0.25) is 4.68 Å². The van der Waals surface area contributed by atoms with Crippen molar-refractivity contribution in [3.8, 4) is 0 Å². The van der Waals surface area contributed by atoms with Gasteiger partial charge < -0.3 is 10.1 Å². The summed E-state index contributed by atoms with van der Waals surface area (Å²) in [7, 11) is 3.45. The molecule has 0 aliphatic heterocycles. The van der Waals surface area contributed by atoms with E-state index >= 15 is 0 Å². The van der Waals surface area contributed by atoms with Crippen LogP contribution in [0.4, 0.5) is 4.39 Å². The Labute approximate surface area is 128 Å². The van der Waals surface area contributed by atoms with Crippen LogP contribution < -0.4 is 5.32 Å². The smallest absolute Gasteiger partial charge is 0.126 e. The van der Waals surface area contributed by atoms with Gasteiger partial charge in [-0.2, -0.15) is 5.10 Å². The summed E-state index contributed by atoms with van der Waals surface area (Å²) in [6.07, 6.45) is 1.60. The van der Waals surface area contributed by atoms with Crippen LogP contribution >= 0.6 is 11.6 Å². The SMILES string of the molecule is CNC(c1ccc(C)c(F)c1)c1c(Cl)cnn1CCOC. The highest BCUT2D eigenvalue weighted by Gasteiger charge is 2.21. The van der Waals surface area contributed by atoms with Gasteiger partial charge in [-0.05, 0) is 31.2 Å².